The molecule has 0 aliphatic carbocycles. The second kappa shape index (κ2) is 7.66. The first-order valence-electron chi connectivity index (χ1n) is 1.53. The van der Waals surface area contributed by atoms with Crippen LogP contribution in [0.2, 0.25) is 0 Å². The van der Waals surface area contributed by atoms with Gasteiger partial charge in [-0.3, -0.25) is 0 Å². The predicted octanol–water partition coefficient (Wildman–Crippen LogP) is -2.62. The van der Waals surface area contributed by atoms with Crippen molar-refractivity contribution >= 4 is 0 Å². The van der Waals surface area contributed by atoms with E-state index in [0.717, 1.165) is 0 Å². The summed E-state index contributed by atoms with van der Waals surface area (Å²) in [6, 6.07) is 0. The van der Waals surface area contributed by atoms with Gasteiger partial charge in [-0.25, -0.2) is 11.7 Å². The summed E-state index contributed by atoms with van der Waals surface area (Å²) in [4.78, 5) is 17.3. The third kappa shape index (κ3) is 7.66. The SMILES string of the molecule is NNO[N+](=O)ONN.[Zn]. The summed E-state index contributed by atoms with van der Waals surface area (Å²) < 4.78 is 0. The molecule has 0 aromatic carbocycles. The van der Waals surface area contributed by atoms with Gasteiger partial charge in [-0.2, -0.15) is 0 Å². The number of nitrogens with zero attached hydrogens (tertiary/aromatic N) is 1. The van der Waals surface area contributed by atoms with E-state index in [0.29, 0.717) is 0 Å². The van der Waals surface area contributed by atoms with Crippen molar-refractivity contribution < 1.29 is 34.4 Å². The van der Waals surface area contributed by atoms with E-state index in [-0.39, 0.29) is 24.6 Å². The first kappa shape index (κ1) is 11.5. The van der Waals surface area contributed by atoms with Crippen LogP contribution >= 0.6 is 0 Å². The van der Waals surface area contributed by atoms with Crippen molar-refractivity contribution in [3.8, 4) is 0 Å². The number of hydrogen-bond acceptors (Lipinski definition) is 7. The second-order valence-corrected chi connectivity index (χ2v) is 0.642. The molecule has 0 amide bonds. The Bertz CT molecular complexity index is 66.6. The van der Waals surface area contributed by atoms with Crippen molar-refractivity contribution in [2.45, 2.75) is 0 Å². The normalized spacial score (nSPS) is 7.33. The molecule has 0 unspecified atom stereocenters. The zero-order valence-electron chi connectivity index (χ0n) is 4.53. The zero-order chi connectivity index (χ0) is 6.41. The monoisotopic (exact) mass is 188 g/mol. The Morgan fingerprint density at radius 1 is 1.22 bits per heavy atom. The van der Waals surface area contributed by atoms with Crippen molar-refractivity contribution in [1.29, 1.82) is 0 Å². The quantitative estimate of drug-likeness (QED) is 0.217. The van der Waals surface area contributed by atoms with Gasteiger partial charge in [0, 0.05) is 19.5 Å². The molecule has 8 nitrogen and oxygen atoms in total. The molecule has 0 rings (SSSR count). The molecule has 6 N–H and O–H groups in total. The third-order valence-electron chi connectivity index (χ3n) is 0.254. The maximum absolute atomic E-state index is 9.83. The van der Waals surface area contributed by atoms with E-state index >= 15 is 0 Å². The Morgan fingerprint density at radius 2 is 1.56 bits per heavy atom. The van der Waals surface area contributed by atoms with E-state index in [9.17, 15) is 4.91 Å². The van der Waals surface area contributed by atoms with Gasteiger partial charge >= 0.3 is 5.09 Å². The third-order valence-corrected chi connectivity index (χ3v) is 0.254. The van der Waals surface area contributed by atoms with E-state index in [1.54, 1.807) is 11.2 Å². The van der Waals surface area contributed by atoms with E-state index in [1.807, 2.05) is 0 Å². The van der Waals surface area contributed by atoms with Gasteiger partial charge < -0.3 is 0 Å². The average molecular weight is 189 g/mol. The molecule has 9 heteroatoms. The number of nitrogens with two attached hydrogens (primary N) is 2. The van der Waals surface area contributed by atoms with Crippen LogP contribution in [0.1, 0.15) is 0 Å². The molecular formula is H6N5O3Zn+. The van der Waals surface area contributed by atoms with Crippen LogP contribution in [0.4, 0.5) is 0 Å². The Kier molecular flexibility index (Phi) is 9.76. The molecule has 0 atom stereocenters. The van der Waals surface area contributed by atoms with Gasteiger partial charge in [0.25, 0.3) is 0 Å². The largest absolute Gasteiger partial charge is 0.521 e. The molecule has 0 fully saturated rings. The van der Waals surface area contributed by atoms with Crippen LogP contribution in [0, 0.1) is 4.91 Å². The van der Waals surface area contributed by atoms with E-state index in [1.165, 1.54) is 0 Å². The Morgan fingerprint density at radius 3 is 1.78 bits per heavy atom. The summed E-state index contributed by atoms with van der Waals surface area (Å²) in [6.07, 6.45) is 0. The topological polar surface area (TPSA) is 115 Å². The van der Waals surface area contributed by atoms with Crippen molar-refractivity contribution in [3.63, 3.8) is 0 Å². The maximum Gasteiger partial charge on any atom is 0.521 e. The van der Waals surface area contributed by atoms with Crippen LogP contribution in [0.25, 0.3) is 0 Å². The maximum atomic E-state index is 9.83. The van der Waals surface area contributed by atoms with Crippen LogP contribution in [0.3, 0.4) is 0 Å². The zero-order valence-corrected chi connectivity index (χ0v) is 7.50. The standard InChI is InChI=1S/H6N5O3.Zn/c1-3-7-5(6)8-4-2;/h3-4H,1-2H2;/q+1;. The fraction of sp³-hybridized carbons (Fsp3) is 0. The molecule has 0 bridgehead atoms. The molecule has 0 heterocycles. The van der Waals surface area contributed by atoms with Gasteiger partial charge in [0.1, 0.15) is 4.91 Å². The van der Waals surface area contributed by atoms with Crippen molar-refractivity contribution in [2.75, 3.05) is 0 Å². The smallest absolute Gasteiger partial charge is 0.232 e. The number of rotatable bonds is 4. The minimum absolute atomic E-state index is 0. The van der Waals surface area contributed by atoms with Gasteiger partial charge in [0.15, 0.2) is 0 Å². The minimum atomic E-state index is -0.361. The fourth-order valence-corrected chi connectivity index (χ4v) is 0.105. The van der Waals surface area contributed by atoms with Gasteiger partial charge in [-0.15, -0.1) is 0 Å². The first-order valence-corrected chi connectivity index (χ1v) is 1.53. The van der Waals surface area contributed by atoms with Crippen LogP contribution in [-0.2, 0) is 29.4 Å². The van der Waals surface area contributed by atoms with Gasteiger partial charge in [0.2, 0.25) is 0 Å². The molecule has 0 aliphatic heterocycles. The molecule has 0 saturated heterocycles. The second-order valence-electron chi connectivity index (χ2n) is 0.642. The van der Waals surface area contributed by atoms with Gasteiger partial charge in [-0.05, 0) is 11.2 Å². The molecule has 9 heavy (non-hydrogen) atoms. The van der Waals surface area contributed by atoms with Crippen LogP contribution in [0.5, 0.6) is 0 Å². The molecule has 0 aromatic rings. The van der Waals surface area contributed by atoms with Gasteiger partial charge in [-0.1, -0.05) is 9.88 Å². The van der Waals surface area contributed by atoms with Crippen LogP contribution in [0.15, 0.2) is 0 Å². The number of hydrazine groups is 2. The number of hydrogen-bond donors (Lipinski definition) is 4. The van der Waals surface area contributed by atoms with Crippen LogP contribution < -0.4 is 22.9 Å². The predicted molar refractivity (Wildman–Crippen MR) is 20.4 cm³/mol. The summed E-state index contributed by atoms with van der Waals surface area (Å²) in [5, 5.41) is -0.361. The Labute approximate surface area is 62.9 Å². The Hall–Kier alpha value is -0.337. The summed E-state index contributed by atoms with van der Waals surface area (Å²) in [5.74, 6) is 8.99. The molecule has 0 spiro atoms. The minimum Gasteiger partial charge on any atom is -0.232 e. The summed E-state index contributed by atoms with van der Waals surface area (Å²) in [7, 11) is 0. The molecular weight excluding hydrogens is 183 g/mol. The summed E-state index contributed by atoms with van der Waals surface area (Å²) in [6.45, 7) is 0. The molecule has 0 aliphatic rings. The van der Waals surface area contributed by atoms with E-state index in [2.05, 4.69) is 21.6 Å². The van der Waals surface area contributed by atoms with Crippen molar-refractivity contribution in [1.82, 2.24) is 11.2 Å². The van der Waals surface area contributed by atoms with E-state index in [4.69, 9.17) is 0 Å². The first-order chi connectivity index (χ1) is 3.81. The van der Waals surface area contributed by atoms with E-state index < -0.39 is 0 Å². The molecule has 0 saturated carbocycles. The summed E-state index contributed by atoms with van der Waals surface area (Å²) in [5.41, 5.74) is 3.09. The molecule has 0 radical (unpaired) electrons. The van der Waals surface area contributed by atoms with Crippen molar-refractivity contribution in [3.05, 3.63) is 4.91 Å². The molecule has 50 valence electrons. The average Bonchev–Trinajstić information content (AvgIpc) is 1.68. The molecule has 0 aromatic heterocycles. The summed E-state index contributed by atoms with van der Waals surface area (Å²) >= 11 is 0. The fourth-order valence-electron chi connectivity index (χ4n) is 0.105. The van der Waals surface area contributed by atoms with Crippen LogP contribution in [-0.4, -0.2) is 5.09 Å². The van der Waals surface area contributed by atoms with Gasteiger partial charge in [0.05, 0.1) is 0 Å². The Balaban J connectivity index is 0. The van der Waals surface area contributed by atoms with Crippen molar-refractivity contribution in [2.24, 2.45) is 11.7 Å². The number of nitrogens with one attached hydrogen (secondary N) is 2.